The van der Waals surface area contributed by atoms with E-state index in [-0.39, 0.29) is 6.61 Å². The van der Waals surface area contributed by atoms with E-state index in [1.165, 1.54) is 6.42 Å². The Kier molecular flexibility index (Phi) is 3.72. The molecule has 0 aliphatic carbocycles. The molecule has 0 aromatic heterocycles. The minimum Gasteiger partial charge on any atom is -0.395 e. The van der Waals surface area contributed by atoms with E-state index in [9.17, 15) is 0 Å². The molecule has 1 saturated heterocycles. The minimum absolute atomic E-state index is 0.250. The first-order valence-electron chi connectivity index (χ1n) is 3.96. The normalized spacial score (nSPS) is 25.5. The highest BCUT2D eigenvalue weighted by Gasteiger charge is 2.12. The van der Waals surface area contributed by atoms with Gasteiger partial charge in [0.25, 0.3) is 0 Å². The fraction of sp³-hybridized carbons (Fsp3) is 1.00. The van der Waals surface area contributed by atoms with E-state index < -0.39 is 0 Å². The molecule has 3 nitrogen and oxygen atoms in total. The molecule has 0 aromatic carbocycles. The lowest BCUT2D eigenvalue weighted by Crippen LogP contribution is -2.26. The molecule has 0 aromatic rings. The number of rotatable bonds is 4. The van der Waals surface area contributed by atoms with Gasteiger partial charge in [0.2, 0.25) is 0 Å². The number of hydrogen-bond acceptors (Lipinski definition) is 3. The molecule has 10 heavy (non-hydrogen) atoms. The van der Waals surface area contributed by atoms with Gasteiger partial charge in [-0.1, -0.05) is 0 Å². The van der Waals surface area contributed by atoms with E-state index in [0.29, 0.717) is 0 Å². The summed E-state index contributed by atoms with van der Waals surface area (Å²) in [5.41, 5.74) is 0. The van der Waals surface area contributed by atoms with Crippen molar-refractivity contribution in [3.05, 3.63) is 0 Å². The third-order valence-electron chi connectivity index (χ3n) is 1.88. The monoisotopic (exact) mass is 144 g/mol. The molecule has 1 heterocycles. The van der Waals surface area contributed by atoms with Gasteiger partial charge in [-0.15, -0.1) is 0 Å². The quantitative estimate of drug-likeness (QED) is 0.452. The average molecular weight is 144 g/mol. The molecule has 1 fully saturated rings. The highest BCUT2D eigenvalue weighted by Crippen LogP contribution is 2.04. The summed E-state index contributed by atoms with van der Waals surface area (Å²) in [5.74, 6) is 0.784. The summed E-state index contributed by atoms with van der Waals surface area (Å²) in [7, 11) is 0. The van der Waals surface area contributed by atoms with Crippen molar-refractivity contribution in [2.24, 2.45) is 5.92 Å². The van der Waals surface area contributed by atoms with Gasteiger partial charge in [-0.05, 0) is 32.0 Å². The zero-order valence-corrected chi connectivity index (χ0v) is 6.27. The van der Waals surface area contributed by atoms with E-state index in [2.05, 4.69) is 10.6 Å². The van der Waals surface area contributed by atoms with Crippen molar-refractivity contribution in [3.63, 3.8) is 0 Å². The van der Waals surface area contributed by atoms with Crippen LogP contribution < -0.4 is 10.6 Å². The molecule has 3 heteroatoms. The molecule has 1 aliphatic rings. The maximum absolute atomic E-state index is 8.46. The number of aliphatic hydroxyl groups is 1. The standard InChI is InChI=1S/C7H16N2O/c10-4-3-9-6-7-1-2-8-5-7/h7-10H,1-6H2/t7-/m1/s1. The van der Waals surface area contributed by atoms with Gasteiger partial charge in [0, 0.05) is 6.54 Å². The molecule has 0 bridgehead atoms. The van der Waals surface area contributed by atoms with Gasteiger partial charge in [-0.3, -0.25) is 0 Å². The molecule has 1 aliphatic heterocycles. The number of nitrogens with one attached hydrogen (secondary N) is 2. The van der Waals surface area contributed by atoms with E-state index >= 15 is 0 Å². The van der Waals surface area contributed by atoms with Crippen LogP contribution >= 0.6 is 0 Å². The first-order valence-corrected chi connectivity index (χ1v) is 3.96. The second kappa shape index (κ2) is 4.66. The molecule has 1 atom stereocenters. The van der Waals surface area contributed by atoms with Crippen LogP contribution in [-0.2, 0) is 0 Å². The largest absolute Gasteiger partial charge is 0.395 e. The number of aliphatic hydroxyl groups excluding tert-OH is 1. The molecule has 0 saturated carbocycles. The summed E-state index contributed by atoms with van der Waals surface area (Å²) >= 11 is 0. The van der Waals surface area contributed by atoms with Gasteiger partial charge >= 0.3 is 0 Å². The van der Waals surface area contributed by atoms with E-state index in [1.54, 1.807) is 0 Å². The van der Waals surface area contributed by atoms with E-state index in [4.69, 9.17) is 5.11 Å². The average Bonchev–Trinajstić information content (AvgIpc) is 2.41. The van der Waals surface area contributed by atoms with Crippen molar-refractivity contribution in [2.45, 2.75) is 6.42 Å². The summed E-state index contributed by atoms with van der Waals surface area (Å²) in [5, 5.41) is 14.9. The van der Waals surface area contributed by atoms with Crippen LogP contribution in [0, 0.1) is 5.92 Å². The lowest BCUT2D eigenvalue weighted by molar-refractivity contribution is 0.288. The Hall–Kier alpha value is -0.120. The zero-order valence-electron chi connectivity index (χ0n) is 6.27. The first-order chi connectivity index (χ1) is 4.93. The van der Waals surface area contributed by atoms with Crippen molar-refractivity contribution in [3.8, 4) is 0 Å². The van der Waals surface area contributed by atoms with Crippen molar-refractivity contribution in [2.75, 3.05) is 32.8 Å². The van der Waals surface area contributed by atoms with Gasteiger partial charge in [0.05, 0.1) is 6.61 Å². The predicted octanol–water partition coefficient (Wildman–Crippen LogP) is -0.822. The van der Waals surface area contributed by atoms with Crippen LogP contribution in [0.25, 0.3) is 0 Å². The van der Waals surface area contributed by atoms with Crippen molar-refractivity contribution in [1.82, 2.24) is 10.6 Å². The summed E-state index contributed by atoms with van der Waals surface area (Å²) < 4.78 is 0. The van der Waals surface area contributed by atoms with Gasteiger partial charge < -0.3 is 15.7 Å². The van der Waals surface area contributed by atoms with Crippen LogP contribution in [0.2, 0.25) is 0 Å². The molecule has 0 spiro atoms. The molecular weight excluding hydrogens is 128 g/mol. The van der Waals surface area contributed by atoms with Crippen molar-refractivity contribution < 1.29 is 5.11 Å². The fourth-order valence-corrected chi connectivity index (χ4v) is 1.27. The van der Waals surface area contributed by atoms with Crippen LogP contribution in [0.3, 0.4) is 0 Å². The molecule has 0 amide bonds. The van der Waals surface area contributed by atoms with Gasteiger partial charge in [-0.2, -0.15) is 0 Å². The maximum Gasteiger partial charge on any atom is 0.0555 e. The predicted molar refractivity (Wildman–Crippen MR) is 40.9 cm³/mol. The highest BCUT2D eigenvalue weighted by atomic mass is 16.3. The highest BCUT2D eigenvalue weighted by molar-refractivity contribution is 4.72. The molecule has 0 radical (unpaired) electrons. The van der Waals surface area contributed by atoms with Gasteiger partial charge in [-0.25, -0.2) is 0 Å². The molecule has 0 unspecified atom stereocenters. The van der Waals surface area contributed by atoms with E-state index in [0.717, 1.165) is 32.1 Å². The zero-order chi connectivity index (χ0) is 7.23. The molecular formula is C7H16N2O. The summed E-state index contributed by atoms with van der Waals surface area (Å²) in [6, 6.07) is 0. The Bertz CT molecular complexity index is 81.7. The summed E-state index contributed by atoms with van der Waals surface area (Å²) in [4.78, 5) is 0. The Morgan fingerprint density at radius 3 is 3.10 bits per heavy atom. The van der Waals surface area contributed by atoms with Crippen LogP contribution in [0.5, 0.6) is 0 Å². The van der Waals surface area contributed by atoms with Crippen LogP contribution in [-0.4, -0.2) is 37.9 Å². The third-order valence-corrected chi connectivity index (χ3v) is 1.88. The second-order valence-electron chi connectivity index (χ2n) is 2.79. The van der Waals surface area contributed by atoms with Crippen LogP contribution in [0.1, 0.15) is 6.42 Å². The van der Waals surface area contributed by atoms with E-state index in [1.807, 2.05) is 0 Å². The first kappa shape index (κ1) is 7.98. The van der Waals surface area contributed by atoms with Crippen LogP contribution in [0.4, 0.5) is 0 Å². The smallest absolute Gasteiger partial charge is 0.0555 e. The lowest BCUT2D eigenvalue weighted by atomic mass is 10.1. The maximum atomic E-state index is 8.46. The van der Waals surface area contributed by atoms with Gasteiger partial charge in [0.1, 0.15) is 0 Å². The molecule has 1 rings (SSSR count). The fourth-order valence-electron chi connectivity index (χ4n) is 1.27. The summed E-state index contributed by atoms with van der Waals surface area (Å²) in [6.45, 7) is 4.33. The minimum atomic E-state index is 0.250. The number of hydrogen-bond donors (Lipinski definition) is 3. The third kappa shape index (κ3) is 2.64. The lowest BCUT2D eigenvalue weighted by Gasteiger charge is -2.07. The van der Waals surface area contributed by atoms with Crippen molar-refractivity contribution in [1.29, 1.82) is 0 Å². The van der Waals surface area contributed by atoms with Crippen molar-refractivity contribution >= 4 is 0 Å². The van der Waals surface area contributed by atoms with Crippen LogP contribution in [0.15, 0.2) is 0 Å². The Morgan fingerprint density at radius 2 is 2.50 bits per heavy atom. The Morgan fingerprint density at radius 1 is 1.60 bits per heavy atom. The Labute approximate surface area is 61.8 Å². The SMILES string of the molecule is OCCNC[C@@H]1CCNC1. The van der Waals surface area contributed by atoms with Gasteiger partial charge in [0.15, 0.2) is 0 Å². The molecule has 3 N–H and O–H groups in total. The summed E-state index contributed by atoms with van der Waals surface area (Å²) in [6.07, 6.45) is 1.28. The topological polar surface area (TPSA) is 44.3 Å². The molecule has 60 valence electrons. The second-order valence-corrected chi connectivity index (χ2v) is 2.79. The Balaban J connectivity index is 1.91.